The summed E-state index contributed by atoms with van der Waals surface area (Å²) >= 11 is 0. The minimum atomic E-state index is -0.359. The lowest BCUT2D eigenvalue weighted by atomic mass is 10.1. The maximum Gasteiger partial charge on any atom is 0.337 e. The Morgan fingerprint density at radius 1 is 1.07 bits per heavy atom. The number of hydrogen-bond acceptors (Lipinski definition) is 4. The van der Waals surface area contributed by atoms with Crippen molar-refractivity contribution in [3.63, 3.8) is 0 Å². The van der Waals surface area contributed by atoms with Gasteiger partial charge in [-0.05, 0) is 48.4 Å². The summed E-state index contributed by atoms with van der Waals surface area (Å²) in [6, 6.07) is 14.3. The molecule has 3 rings (SSSR count). The summed E-state index contributed by atoms with van der Waals surface area (Å²) in [7, 11) is 1.36. The molecule has 0 bridgehead atoms. The standard InChI is InChI=1S/C20H22N4O3/c1-27-19(25)16-4-2-14(3-5-16)10-11-23-12-13-24(20(23)26)17-8-6-15(7-9-17)18(21)22/h2-9H,10-13H2,1H3,(H3,21,22). The predicted molar refractivity (Wildman–Crippen MR) is 103 cm³/mol. The van der Waals surface area contributed by atoms with Crippen LogP contribution in [0.5, 0.6) is 0 Å². The number of anilines is 1. The Bertz CT molecular complexity index is 847. The first-order valence-electron chi connectivity index (χ1n) is 8.68. The van der Waals surface area contributed by atoms with Crippen molar-refractivity contribution in [1.82, 2.24) is 4.90 Å². The lowest BCUT2D eigenvalue weighted by molar-refractivity contribution is 0.0600. The third-order valence-corrected chi connectivity index (χ3v) is 4.63. The number of rotatable bonds is 6. The number of nitrogens with one attached hydrogen (secondary N) is 1. The van der Waals surface area contributed by atoms with Crippen LogP contribution < -0.4 is 10.6 Å². The van der Waals surface area contributed by atoms with Crippen LogP contribution in [0.25, 0.3) is 0 Å². The molecule has 27 heavy (non-hydrogen) atoms. The van der Waals surface area contributed by atoms with Crippen LogP contribution in [0, 0.1) is 5.41 Å². The molecule has 140 valence electrons. The summed E-state index contributed by atoms with van der Waals surface area (Å²) in [6.45, 7) is 1.89. The van der Waals surface area contributed by atoms with Crippen molar-refractivity contribution in [3.05, 3.63) is 65.2 Å². The first kappa shape index (κ1) is 18.4. The number of carbonyl (C=O) groups excluding carboxylic acids is 2. The average Bonchev–Trinajstić information content (AvgIpc) is 3.06. The molecule has 0 saturated carbocycles. The molecular weight excluding hydrogens is 344 g/mol. The fourth-order valence-corrected chi connectivity index (χ4v) is 3.04. The van der Waals surface area contributed by atoms with E-state index in [9.17, 15) is 9.59 Å². The smallest absolute Gasteiger partial charge is 0.337 e. The van der Waals surface area contributed by atoms with Gasteiger partial charge in [0.2, 0.25) is 0 Å². The van der Waals surface area contributed by atoms with E-state index in [1.165, 1.54) is 7.11 Å². The number of nitrogen functional groups attached to an aromatic ring is 1. The lowest BCUT2D eigenvalue weighted by Gasteiger charge is -2.19. The van der Waals surface area contributed by atoms with E-state index in [2.05, 4.69) is 4.74 Å². The van der Waals surface area contributed by atoms with Crippen LogP contribution in [0.2, 0.25) is 0 Å². The van der Waals surface area contributed by atoms with Crippen LogP contribution in [0.4, 0.5) is 10.5 Å². The summed E-state index contributed by atoms with van der Waals surface area (Å²) in [6.07, 6.45) is 0.713. The van der Waals surface area contributed by atoms with Crippen molar-refractivity contribution < 1.29 is 14.3 Å². The molecule has 0 radical (unpaired) electrons. The van der Waals surface area contributed by atoms with Crippen molar-refractivity contribution in [1.29, 1.82) is 5.41 Å². The van der Waals surface area contributed by atoms with Crippen molar-refractivity contribution in [3.8, 4) is 0 Å². The fraction of sp³-hybridized carbons (Fsp3) is 0.250. The van der Waals surface area contributed by atoms with E-state index in [1.807, 2.05) is 29.2 Å². The van der Waals surface area contributed by atoms with Gasteiger partial charge >= 0.3 is 12.0 Å². The van der Waals surface area contributed by atoms with E-state index in [4.69, 9.17) is 11.1 Å². The van der Waals surface area contributed by atoms with Crippen LogP contribution in [-0.4, -0.2) is 49.5 Å². The molecule has 1 heterocycles. The molecule has 1 aliphatic rings. The number of carbonyl (C=O) groups is 2. The number of nitrogens with two attached hydrogens (primary N) is 1. The summed E-state index contributed by atoms with van der Waals surface area (Å²) in [4.78, 5) is 27.7. The van der Waals surface area contributed by atoms with Gasteiger partial charge in [0.1, 0.15) is 5.84 Å². The van der Waals surface area contributed by atoms with Gasteiger partial charge in [0, 0.05) is 30.9 Å². The number of nitrogens with zero attached hydrogens (tertiary/aromatic N) is 2. The topological polar surface area (TPSA) is 99.7 Å². The van der Waals surface area contributed by atoms with Gasteiger partial charge in [-0.3, -0.25) is 10.3 Å². The van der Waals surface area contributed by atoms with Crippen LogP contribution in [-0.2, 0) is 11.2 Å². The van der Waals surface area contributed by atoms with Gasteiger partial charge in [-0.15, -0.1) is 0 Å². The summed E-state index contributed by atoms with van der Waals surface area (Å²) < 4.78 is 4.69. The van der Waals surface area contributed by atoms with E-state index in [1.54, 1.807) is 29.2 Å². The number of methoxy groups -OCH3 is 1. The molecule has 1 saturated heterocycles. The highest BCUT2D eigenvalue weighted by Crippen LogP contribution is 2.21. The molecule has 1 fully saturated rings. The van der Waals surface area contributed by atoms with Crippen molar-refractivity contribution in [2.24, 2.45) is 5.73 Å². The number of esters is 1. The number of benzene rings is 2. The highest BCUT2D eigenvalue weighted by Gasteiger charge is 2.29. The Hall–Kier alpha value is -3.35. The molecule has 2 aromatic carbocycles. The van der Waals surface area contributed by atoms with Crippen LogP contribution in [0.3, 0.4) is 0 Å². The molecule has 7 nitrogen and oxygen atoms in total. The second-order valence-electron chi connectivity index (χ2n) is 6.32. The molecule has 0 atom stereocenters. The fourth-order valence-electron chi connectivity index (χ4n) is 3.04. The number of amides is 2. The number of ether oxygens (including phenoxy) is 1. The predicted octanol–water partition coefficient (Wildman–Crippen LogP) is 2.24. The maximum atomic E-state index is 12.7. The number of amidine groups is 1. The molecule has 2 aromatic rings. The molecule has 2 amide bonds. The molecule has 0 spiro atoms. The highest BCUT2D eigenvalue weighted by molar-refractivity contribution is 5.97. The molecule has 1 aliphatic heterocycles. The normalized spacial score (nSPS) is 13.7. The SMILES string of the molecule is COC(=O)c1ccc(CCN2CCN(c3ccc(C(=N)N)cc3)C2=O)cc1. The van der Waals surface area contributed by atoms with Crippen LogP contribution >= 0.6 is 0 Å². The van der Waals surface area contributed by atoms with E-state index < -0.39 is 0 Å². The van der Waals surface area contributed by atoms with Crippen molar-refractivity contribution in [2.75, 3.05) is 31.6 Å². The minimum Gasteiger partial charge on any atom is -0.465 e. The largest absolute Gasteiger partial charge is 0.465 e. The Labute approximate surface area is 157 Å². The van der Waals surface area contributed by atoms with Gasteiger partial charge in [0.25, 0.3) is 0 Å². The van der Waals surface area contributed by atoms with Crippen molar-refractivity contribution in [2.45, 2.75) is 6.42 Å². The van der Waals surface area contributed by atoms with Gasteiger partial charge < -0.3 is 15.4 Å². The van der Waals surface area contributed by atoms with Gasteiger partial charge in [-0.2, -0.15) is 0 Å². The molecule has 0 aliphatic carbocycles. The zero-order valence-electron chi connectivity index (χ0n) is 15.1. The molecule has 0 aromatic heterocycles. The summed E-state index contributed by atoms with van der Waals surface area (Å²) in [5, 5.41) is 7.43. The second-order valence-corrected chi connectivity index (χ2v) is 6.32. The van der Waals surface area contributed by atoms with E-state index >= 15 is 0 Å². The molecule has 0 unspecified atom stereocenters. The zero-order valence-corrected chi connectivity index (χ0v) is 15.1. The minimum absolute atomic E-state index is 0.00847. The Morgan fingerprint density at radius 2 is 1.70 bits per heavy atom. The van der Waals surface area contributed by atoms with Crippen LogP contribution in [0.15, 0.2) is 48.5 Å². The molecule has 7 heteroatoms. The van der Waals surface area contributed by atoms with E-state index in [0.717, 1.165) is 11.3 Å². The summed E-state index contributed by atoms with van der Waals surface area (Å²) in [5.74, 6) is -0.350. The zero-order chi connectivity index (χ0) is 19.4. The van der Waals surface area contributed by atoms with Gasteiger partial charge in [-0.1, -0.05) is 12.1 Å². The maximum absolute atomic E-state index is 12.7. The Morgan fingerprint density at radius 3 is 2.30 bits per heavy atom. The van der Waals surface area contributed by atoms with Gasteiger partial charge in [-0.25, -0.2) is 9.59 Å². The van der Waals surface area contributed by atoms with E-state index in [0.29, 0.717) is 37.2 Å². The monoisotopic (exact) mass is 366 g/mol. The Balaban J connectivity index is 1.58. The first-order valence-corrected chi connectivity index (χ1v) is 8.68. The van der Waals surface area contributed by atoms with Gasteiger partial charge in [0.05, 0.1) is 12.7 Å². The average molecular weight is 366 g/mol. The second kappa shape index (κ2) is 7.90. The van der Waals surface area contributed by atoms with E-state index in [-0.39, 0.29) is 17.8 Å². The molecule has 3 N–H and O–H groups in total. The number of hydrogen-bond donors (Lipinski definition) is 2. The number of urea groups is 1. The first-order chi connectivity index (χ1) is 13.0. The van der Waals surface area contributed by atoms with Gasteiger partial charge in [0.15, 0.2) is 0 Å². The summed E-state index contributed by atoms with van der Waals surface area (Å²) in [5.41, 5.74) is 8.47. The quantitative estimate of drug-likeness (QED) is 0.465. The third kappa shape index (κ3) is 4.08. The van der Waals surface area contributed by atoms with Crippen molar-refractivity contribution >= 4 is 23.5 Å². The third-order valence-electron chi connectivity index (χ3n) is 4.63. The Kier molecular flexibility index (Phi) is 5.40. The highest BCUT2D eigenvalue weighted by atomic mass is 16.5. The molecular formula is C20H22N4O3. The van der Waals surface area contributed by atoms with Crippen LogP contribution in [0.1, 0.15) is 21.5 Å². The lowest BCUT2D eigenvalue weighted by Crippen LogP contribution is -2.33.